The Balaban J connectivity index is 1.70. The molecule has 0 amide bonds. The number of rotatable bonds is 7. The van der Waals surface area contributed by atoms with Crippen LogP contribution in [0.4, 0.5) is 0 Å². The SMILES string of the molecule is Cc1ccc(OCC(=O)OC(Cn2ccnc2)c2ccc(Cl)cc2Cl)cc1. The van der Waals surface area contributed by atoms with Crippen molar-refractivity contribution in [3.8, 4) is 5.75 Å². The van der Waals surface area contributed by atoms with Crippen molar-refractivity contribution >= 4 is 29.2 Å². The molecule has 0 bridgehead atoms. The third-order valence-electron chi connectivity index (χ3n) is 3.90. The molecule has 3 rings (SSSR count). The van der Waals surface area contributed by atoms with E-state index in [1.165, 1.54) is 0 Å². The lowest BCUT2D eigenvalue weighted by Crippen LogP contribution is -2.21. The standard InChI is InChI=1S/C20H18Cl2N2O3/c1-14-2-5-16(6-3-14)26-12-20(25)27-19(11-24-9-8-23-13-24)17-7-4-15(21)10-18(17)22/h2-10,13,19H,11-12H2,1H3. The van der Waals surface area contributed by atoms with Gasteiger partial charge in [-0.1, -0.05) is 47.0 Å². The van der Waals surface area contributed by atoms with Gasteiger partial charge in [-0.05, 0) is 31.2 Å². The van der Waals surface area contributed by atoms with Crippen molar-refractivity contribution in [2.75, 3.05) is 6.61 Å². The van der Waals surface area contributed by atoms with Crippen LogP contribution < -0.4 is 4.74 Å². The highest BCUT2D eigenvalue weighted by molar-refractivity contribution is 6.35. The largest absolute Gasteiger partial charge is 0.482 e. The number of aryl methyl sites for hydroxylation is 1. The summed E-state index contributed by atoms with van der Waals surface area (Å²) in [7, 11) is 0. The first kappa shape index (κ1) is 19.3. The van der Waals surface area contributed by atoms with Gasteiger partial charge in [0.1, 0.15) is 11.9 Å². The van der Waals surface area contributed by atoms with Gasteiger partial charge in [0.15, 0.2) is 6.61 Å². The molecule has 1 aromatic heterocycles. The summed E-state index contributed by atoms with van der Waals surface area (Å²) in [4.78, 5) is 16.3. The number of hydrogen-bond donors (Lipinski definition) is 0. The van der Waals surface area contributed by atoms with E-state index in [1.54, 1.807) is 36.9 Å². The lowest BCUT2D eigenvalue weighted by molar-refractivity contribution is -0.152. The summed E-state index contributed by atoms with van der Waals surface area (Å²) in [5, 5.41) is 0.944. The van der Waals surface area contributed by atoms with Gasteiger partial charge in [0.25, 0.3) is 0 Å². The van der Waals surface area contributed by atoms with Crippen LogP contribution in [0.25, 0.3) is 0 Å². The molecule has 5 nitrogen and oxygen atoms in total. The van der Waals surface area contributed by atoms with E-state index in [0.717, 1.165) is 5.56 Å². The van der Waals surface area contributed by atoms with Crippen molar-refractivity contribution in [3.63, 3.8) is 0 Å². The Labute approximate surface area is 167 Å². The highest BCUT2D eigenvalue weighted by Gasteiger charge is 2.21. The third-order valence-corrected chi connectivity index (χ3v) is 4.46. The highest BCUT2D eigenvalue weighted by Crippen LogP contribution is 2.30. The number of ether oxygens (including phenoxy) is 2. The Hall–Kier alpha value is -2.50. The first-order valence-corrected chi connectivity index (χ1v) is 9.06. The number of hydrogen-bond acceptors (Lipinski definition) is 4. The molecule has 140 valence electrons. The maximum absolute atomic E-state index is 12.3. The summed E-state index contributed by atoms with van der Waals surface area (Å²) in [6, 6.07) is 12.5. The first-order valence-electron chi connectivity index (χ1n) is 8.31. The average Bonchev–Trinajstić information content (AvgIpc) is 3.14. The summed E-state index contributed by atoms with van der Waals surface area (Å²) in [6.45, 7) is 2.15. The van der Waals surface area contributed by atoms with Crippen LogP contribution in [0.5, 0.6) is 5.75 Å². The Kier molecular flexibility index (Phi) is 6.37. The normalized spacial score (nSPS) is 11.8. The van der Waals surface area contributed by atoms with Crippen LogP contribution in [0.3, 0.4) is 0 Å². The molecule has 7 heteroatoms. The van der Waals surface area contributed by atoms with Gasteiger partial charge in [-0.3, -0.25) is 0 Å². The highest BCUT2D eigenvalue weighted by atomic mass is 35.5. The minimum absolute atomic E-state index is 0.200. The fourth-order valence-corrected chi connectivity index (χ4v) is 3.05. The molecule has 27 heavy (non-hydrogen) atoms. The van der Waals surface area contributed by atoms with Crippen molar-refractivity contribution in [2.24, 2.45) is 0 Å². The molecule has 0 aliphatic carbocycles. The number of nitrogens with zero attached hydrogens (tertiary/aromatic N) is 2. The lowest BCUT2D eigenvalue weighted by Gasteiger charge is -2.20. The molecule has 1 unspecified atom stereocenters. The molecule has 2 aromatic carbocycles. The Bertz CT molecular complexity index is 896. The first-order chi connectivity index (χ1) is 13.0. The van der Waals surface area contributed by atoms with Crippen molar-refractivity contribution in [3.05, 3.63) is 82.4 Å². The van der Waals surface area contributed by atoms with E-state index in [1.807, 2.05) is 35.8 Å². The van der Waals surface area contributed by atoms with Crippen LogP contribution in [-0.4, -0.2) is 22.1 Å². The van der Waals surface area contributed by atoms with Gasteiger partial charge in [0, 0.05) is 28.0 Å². The van der Waals surface area contributed by atoms with Crippen LogP contribution >= 0.6 is 23.2 Å². The molecule has 1 atom stereocenters. The van der Waals surface area contributed by atoms with Crippen LogP contribution in [0, 0.1) is 6.92 Å². The maximum Gasteiger partial charge on any atom is 0.344 e. The van der Waals surface area contributed by atoms with Crippen LogP contribution in [-0.2, 0) is 16.1 Å². The zero-order valence-electron chi connectivity index (χ0n) is 14.6. The third kappa shape index (κ3) is 5.49. The minimum Gasteiger partial charge on any atom is -0.482 e. The molecular weight excluding hydrogens is 387 g/mol. The van der Waals surface area contributed by atoms with Gasteiger partial charge in [0.2, 0.25) is 0 Å². The van der Waals surface area contributed by atoms with Crippen LogP contribution in [0.2, 0.25) is 10.0 Å². The van der Waals surface area contributed by atoms with Crippen LogP contribution in [0.15, 0.2) is 61.2 Å². The minimum atomic E-state index is -0.599. The van der Waals surface area contributed by atoms with E-state index >= 15 is 0 Å². The van der Waals surface area contributed by atoms with E-state index in [0.29, 0.717) is 27.9 Å². The van der Waals surface area contributed by atoms with Gasteiger partial charge in [0.05, 0.1) is 12.9 Å². The fraction of sp³-hybridized carbons (Fsp3) is 0.200. The van der Waals surface area contributed by atoms with Crippen LogP contribution in [0.1, 0.15) is 17.2 Å². The molecule has 0 saturated carbocycles. The van der Waals surface area contributed by atoms with E-state index in [2.05, 4.69) is 4.98 Å². The second kappa shape index (κ2) is 8.93. The zero-order chi connectivity index (χ0) is 19.2. The molecule has 1 heterocycles. The molecule has 0 aliphatic heterocycles. The molecule has 0 spiro atoms. The summed E-state index contributed by atoms with van der Waals surface area (Å²) >= 11 is 12.3. The molecule has 0 aliphatic rings. The van der Waals surface area contributed by atoms with Gasteiger partial charge >= 0.3 is 5.97 Å². The predicted molar refractivity (Wildman–Crippen MR) is 104 cm³/mol. The van der Waals surface area contributed by atoms with Gasteiger partial charge < -0.3 is 14.0 Å². The summed E-state index contributed by atoms with van der Waals surface area (Å²) < 4.78 is 12.9. The average molecular weight is 405 g/mol. The van der Waals surface area contributed by atoms with Gasteiger partial charge in [-0.2, -0.15) is 0 Å². The second-order valence-electron chi connectivity index (χ2n) is 6.01. The number of imidazole rings is 1. The van der Waals surface area contributed by atoms with E-state index < -0.39 is 12.1 Å². The van der Waals surface area contributed by atoms with Crippen molar-refractivity contribution in [1.29, 1.82) is 0 Å². The number of aromatic nitrogens is 2. The second-order valence-corrected chi connectivity index (χ2v) is 6.85. The topological polar surface area (TPSA) is 53.4 Å². The van der Waals surface area contributed by atoms with E-state index in [-0.39, 0.29) is 6.61 Å². The number of esters is 1. The smallest absolute Gasteiger partial charge is 0.344 e. The molecular formula is C20H18Cl2N2O3. The number of benzene rings is 2. The Morgan fingerprint density at radius 2 is 1.96 bits per heavy atom. The van der Waals surface area contributed by atoms with Crippen molar-refractivity contribution < 1.29 is 14.3 Å². The molecule has 0 fully saturated rings. The maximum atomic E-state index is 12.3. The molecule has 0 N–H and O–H groups in total. The summed E-state index contributed by atoms with van der Waals surface area (Å²) in [5.74, 6) is 0.111. The monoisotopic (exact) mass is 404 g/mol. The summed E-state index contributed by atoms with van der Waals surface area (Å²) in [6.07, 6.45) is 4.49. The molecule has 0 radical (unpaired) electrons. The van der Waals surface area contributed by atoms with E-state index in [9.17, 15) is 4.79 Å². The number of carbonyl (C=O) groups excluding carboxylic acids is 1. The quantitative estimate of drug-likeness (QED) is 0.527. The van der Waals surface area contributed by atoms with Crippen molar-refractivity contribution in [1.82, 2.24) is 9.55 Å². The Morgan fingerprint density at radius 3 is 2.63 bits per heavy atom. The van der Waals surface area contributed by atoms with Crippen molar-refractivity contribution in [2.45, 2.75) is 19.6 Å². The van der Waals surface area contributed by atoms with E-state index in [4.69, 9.17) is 32.7 Å². The fourth-order valence-electron chi connectivity index (χ4n) is 2.52. The summed E-state index contributed by atoms with van der Waals surface area (Å²) in [5.41, 5.74) is 1.78. The lowest BCUT2D eigenvalue weighted by atomic mass is 10.1. The predicted octanol–water partition coefficient (Wildman–Crippen LogP) is 4.86. The molecule has 3 aromatic rings. The number of halogens is 2. The molecule has 0 saturated heterocycles. The van der Waals surface area contributed by atoms with Gasteiger partial charge in [-0.15, -0.1) is 0 Å². The zero-order valence-corrected chi connectivity index (χ0v) is 16.2. The Morgan fingerprint density at radius 1 is 1.19 bits per heavy atom. The van der Waals surface area contributed by atoms with Gasteiger partial charge in [-0.25, -0.2) is 9.78 Å². The number of carbonyl (C=O) groups is 1.